The Kier molecular flexibility index (Phi) is 3.55. The molecule has 2 nitrogen and oxygen atoms in total. The van der Waals surface area contributed by atoms with Crippen molar-refractivity contribution in [2.24, 2.45) is 0 Å². The van der Waals surface area contributed by atoms with Crippen LogP contribution in [0.1, 0.15) is 32.3 Å². The number of hydrogen-bond acceptors (Lipinski definition) is 2. The fourth-order valence-corrected chi connectivity index (χ4v) is 1.34. The van der Waals surface area contributed by atoms with Gasteiger partial charge in [0, 0.05) is 6.54 Å². The molecule has 0 aliphatic heterocycles. The molecule has 0 aliphatic carbocycles. The molecule has 1 heterocycles. The van der Waals surface area contributed by atoms with Gasteiger partial charge in [0.25, 0.3) is 0 Å². The van der Waals surface area contributed by atoms with Crippen LogP contribution in [-0.4, -0.2) is 11.5 Å². The molecular weight excluding hydrogens is 184 g/mol. The Morgan fingerprint density at radius 3 is 2.69 bits per heavy atom. The Morgan fingerprint density at radius 1 is 1.46 bits per heavy atom. The lowest BCUT2D eigenvalue weighted by Crippen LogP contribution is -2.01. The van der Waals surface area contributed by atoms with Gasteiger partial charge in [-0.25, -0.2) is 4.98 Å². The van der Waals surface area contributed by atoms with Crippen LogP contribution in [0, 0.1) is 0 Å². The highest BCUT2D eigenvalue weighted by atomic mass is 35.5. The minimum atomic E-state index is 0.484. The van der Waals surface area contributed by atoms with E-state index in [0.29, 0.717) is 11.1 Å². The maximum atomic E-state index is 5.88. The van der Waals surface area contributed by atoms with Gasteiger partial charge >= 0.3 is 0 Å². The van der Waals surface area contributed by atoms with Gasteiger partial charge in [0.2, 0.25) is 0 Å². The smallest absolute Gasteiger partial charge is 0.131 e. The van der Waals surface area contributed by atoms with Gasteiger partial charge < -0.3 is 5.32 Å². The summed E-state index contributed by atoms with van der Waals surface area (Å²) in [5, 5.41) is 3.71. The topological polar surface area (TPSA) is 24.9 Å². The molecule has 13 heavy (non-hydrogen) atoms. The van der Waals surface area contributed by atoms with E-state index in [-0.39, 0.29) is 0 Å². The molecule has 0 fully saturated rings. The Hall–Kier alpha value is -0.760. The Bertz CT molecular complexity index is 284. The van der Waals surface area contributed by atoms with Gasteiger partial charge in [-0.05, 0) is 30.5 Å². The van der Waals surface area contributed by atoms with E-state index < -0.39 is 0 Å². The van der Waals surface area contributed by atoms with E-state index in [1.54, 1.807) is 0 Å². The highest BCUT2D eigenvalue weighted by Gasteiger charge is 2.03. The summed E-state index contributed by atoms with van der Waals surface area (Å²) < 4.78 is 0. The second kappa shape index (κ2) is 4.47. The van der Waals surface area contributed by atoms with Crippen molar-refractivity contribution in [3.8, 4) is 0 Å². The second-order valence-electron chi connectivity index (χ2n) is 3.29. The van der Waals surface area contributed by atoms with Crippen molar-refractivity contribution < 1.29 is 0 Å². The van der Waals surface area contributed by atoms with Crippen molar-refractivity contribution in [3.05, 3.63) is 22.8 Å². The van der Waals surface area contributed by atoms with Gasteiger partial charge in [-0.15, -0.1) is 0 Å². The second-order valence-corrected chi connectivity index (χ2v) is 3.68. The first-order chi connectivity index (χ1) is 6.13. The molecule has 72 valence electrons. The minimum absolute atomic E-state index is 0.484. The third kappa shape index (κ3) is 2.88. The summed E-state index contributed by atoms with van der Waals surface area (Å²) in [6, 6.07) is 3.95. The summed E-state index contributed by atoms with van der Waals surface area (Å²) >= 11 is 5.88. The number of nitrogens with zero attached hydrogens (tertiary/aromatic N) is 1. The summed E-state index contributed by atoms with van der Waals surface area (Å²) in [7, 11) is 0. The van der Waals surface area contributed by atoms with E-state index in [1.807, 2.05) is 19.1 Å². The zero-order valence-corrected chi connectivity index (χ0v) is 9.02. The van der Waals surface area contributed by atoms with Crippen LogP contribution in [0.15, 0.2) is 12.1 Å². The lowest BCUT2D eigenvalue weighted by atomic mass is 10.1. The summed E-state index contributed by atoms with van der Waals surface area (Å²) in [6.07, 6.45) is 0. The predicted molar refractivity (Wildman–Crippen MR) is 57.5 cm³/mol. The molecule has 0 saturated heterocycles. The Morgan fingerprint density at radius 2 is 2.15 bits per heavy atom. The van der Waals surface area contributed by atoms with Gasteiger partial charge in [-0.3, -0.25) is 0 Å². The maximum absolute atomic E-state index is 5.88. The van der Waals surface area contributed by atoms with Crippen molar-refractivity contribution in [2.75, 3.05) is 11.9 Å². The van der Waals surface area contributed by atoms with Crippen molar-refractivity contribution >= 4 is 17.4 Å². The molecular formula is C10H15ClN2. The lowest BCUT2D eigenvalue weighted by molar-refractivity contribution is 0.863. The average Bonchev–Trinajstić information content (AvgIpc) is 2.03. The third-order valence-electron chi connectivity index (χ3n) is 1.84. The number of anilines is 1. The zero-order valence-electron chi connectivity index (χ0n) is 8.26. The largest absolute Gasteiger partial charge is 0.370 e. The highest BCUT2D eigenvalue weighted by molar-refractivity contribution is 6.29. The summed E-state index contributed by atoms with van der Waals surface area (Å²) in [5.41, 5.74) is 1.22. The summed E-state index contributed by atoms with van der Waals surface area (Å²) in [6.45, 7) is 7.19. The van der Waals surface area contributed by atoms with Crippen LogP contribution in [0.4, 0.5) is 5.82 Å². The molecule has 1 aromatic heterocycles. The fraction of sp³-hybridized carbons (Fsp3) is 0.500. The van der Waals surface area contributed by atoms with Crippen molar-refractivity contribution in [1.82, 2.24) is 4.98 Å². The van der Waals surface area contributed by atoms with Gasteiger partial charge in [0.15, 0.2) is 0 Å². The Labute approximate surface area is 84.3 Å². The van der Waals surface area contributed by atoms with Gasteiger partial charge in [-0.1, -0.05) is 25.4 Å². The fourth-order valence-electron chi connectivity index (χ4n) is 1.12. The lowest BCUT2D eigenvalue weighted by Gasteiger charge is -2.08. The van der Waals surface area contributed by atoms with E-state index in [2.05, 4.69) is 24.1 Å². The summed E-state index contributed by atoms with van der Waals surface area (Å²) in [5.74, 6) is 1.34. The van der Waals surface area contributed by atoms with Crippen molar-refractivity contribution in [3.63, 3.8) is 0 Å². The molecule has 3 heteroatoms. The first kappa shape index (κ1) is 10.3. The molecule has 0 saturated carbocycles. The van der Waals surface area contributed by atoms with E-state index in [1.165, 1.54) is 5.56 Å². The minimum Gasteiger partial charge on any atom is -0.370 e. The number of pyridine rings is 1. The van der Waals surface area contributed by atoms with Crippen molar-refractivity contribution in [2.45, 2.75) is 26.7 Å². The van der Waals surface area contributed by atoms with Crippen LogP contribution in [0.5, 0.6) is 0 Å². The van der Waals surface area contributed by atoms with Gasteiger partial charge in [0.05, 0.1) is 0 Å². The van der Waals surface area contributed by atoms with E-state index in [9.17, 15) is 0 Å². The number of nitrogens with one attached hydrogen (secondary N) is 1. The van der Waals surface area contributed by atoms with Crippen LogP contribution < -0.4 is 5.32 Å². The quantitative estimate of drug-likeness (QED) is 0.754. The van der Waals surface area contributed by atoms with Gasteiger partial charge in [0.1, 0.15) is 11.0 Å². The maximum Gasteiger partial charge on any atom is 0.131 e. The first-order valence-corrected chi connectivity index (χ1v) is 4.92. The molecule has 0 aliphatic rings. The van der Waals surface area contributed by atoms with E-state index >= 15 is 0 Å². The number of hydrogen-bond donors (Lipinski definition) is 1. The number of halogens is 1. The zero-order chi connectivity index (χ0) is 9.84. The van der Waals surface area contributed by atoms with E-state index in [0.717, 1.165) is 12.4 Å². The average molecular weight is 199 g/mol. The first-order valence-electron chi connectivity index (χ1n) is 4.54. The molecule has 1 N–H and O–H groups in total. The van der Waals surface area contributed by atoms with E-state index in [4.69, 9.17) is 11.6 Å². The normalized spacial score (nSPS) is 10.5. The number of aromatic nitrogens is 1. The molecule has 0 aromatic carbocycles. The SMILES string of the molecule is CCNc1cc(C(C)C)cc(Cl)n1. The molecule has 0 atom stereocenters. The van der Waals surface area contributed by atoms with Crippen LogP contribution in [0.3, 0.4) is 0 Å². The molecule has 0 bridgehead atoms. The highest BCUT2D eigenvalue weighted by Crippen LogP contribution is 2.20. The van der Waals surface area contributed by atoms with Crippen molar-refractivity contribution in [1.29, 1.82) is 0 Å². The molecule has 0 amide bonds. The Balaban J connectivity index is 2.96. The summed E-state index contributed by atoms with van der Waals surface area (Å²) in [4.78, 5) is 4.16. The monoisotopic (exact) mass is 198 g/mol. The molecule has 1 aromatic rings. The molecule has 0 unspecified atom stereocenters. The molecule has 0 spiro atoms. The van der Waals surface area contributed by atoms with Crippen LogP contribution in [0.2, 0.25) is 5.15 Å². The molecule has 1 rings (SSSR count). The van der Waals surface area contributed by atoms with Crippen LogP contribution >= 0.6 is 11.6 Å². The number of rotatable bonds is 3. The predicted octanol–water partition coefficient (Wildman–Crippen LogP) is 3.29. The van der Waals surface area contributed by atoms with Gasteiger partial charge in [-0.2, -0.15) is 0 Å². The van der Waals surface area contributed by atoms with Crippen LogP contribution in [0.25, 0.3) is 0 Å². The molecule has 0 radical (unpaired) electrons. The van der Waals surface area contributed by atoms with Crippen LogP contribution in [-0.2, 0) is 0 Å². The standard InChI is InChI=1S/C10H15ClN2/c1-4-12-10-6-8(7(2)3)5-9(11)13-10/h5-7H,4H2,1-3H3,(H,12,13). The third-order valence-corrected chi connectivity index (χ3v) is 2.03.